The van der Waals surface area contributed by atoms with Gasteiger partial charge >= 0.3 is 5.97 Å². The summed E-state index contributed by atoms with van der Waals surface area (Å²) in [6.45, 7) is 2.67. The van der Waals surface area contributed by atoms with Crippen molar-refractivity contribution in [1.29, 1.82) is 0 Å². The van der Waals surface area contributed by atoms with E-state index in [2.05, 4.69) is 24.4 Å². The van der Waals surface area contributed by atoms with Crippen molar-refractivity contribution in [2.24, 2.45) is 0 Å². The molecule has 0 amide bonds. The van der Waals surface area contributed by atoms with Gasteiger partial charge in [0.05, 0.1) is 11.3 Å². The Bertz CT molecular complexity index is 608. The number of carboxylic acid groups (broad SMARTS) is 1. The van der Waals surface area contributed by atoms with Gasteiger partial charge in [0.15, 0.2) is 0 Å². The normalized spacial score (nSPS) is 10.3. The molecule has 0 heterocycles. The molecule has 0 spiro atoms. The van der Waals surface area contributed by atoms with E-state index >= 15 is 0 Å². The van der Waals surface area contributed by atoms with Crippen molar-refractivity contribution in [1.82, 2.24) is 0 Å². The van der Waals surface area contributed by atoms with E-state index in [0.29, 0.717) is 17.3 Å². The van der Waals surface area contributed by atoms with Crippen LogP contribution in [0.3, 0.4) is 0 Å². The van der Waals surface area contributed by atoms with Crippen LogP contribution in [0, 0.1) is 0 Å². The smallest absolute Gasteiger partial charge is 0.337 e. The molecule has 104 valence electrons. The first-order chi connectivity index (χ1) is 9.60. The first kappa shape index (κ1) is 14.4. The number of halogens is 1. The van der Waals surface area contributed by atoms with Crippen LogP contribution in [0.15, 0.2) is 42.5 Å². The van der Waals surface area contributed by atoms with E-state index in [4.69, 9.17) is 16.7 Å². The highest BCUT2D eigenvalue weighted by molar-refractivity contribution is 6.31. The number of aromatic carboxylic acids is 1. The van der Waals surface area contributed by atoms with Gasteiger partial charge in [0.25, 0.3) is 0 Å². The standard InChI is InChI=1S/C16H16ClNO2/c1-2-11-3-5-12(6-4-11)10-18-15-9-13(17)7-8-14(15)16(19)20/h3-9,18H,2,10H2,1H3,(H,19,20). The van der Waals surface area contributed by atoms with Crippen LogP contribution >= 0.6 is 11.6 Å². The van der Waals surface area contributed by atoms with E-state index in [9.17, 15) is 4.79 Å². The van der Waals surface area contributed by atoms with Crippen LogP contribution in [0.5, 0.6) is 0 Å². The summed E-state index contributed by atoms with van der Waals surface area (Å²) in [5, 5.41) is 12.8. The van der Waals surface area contributed by atoms with Crippen LogP contribution in [0.2, 0.25) is 5.02 Å². The summed E-state index contributed by atoms with van der Waals surface area (Å²) in [6.07, 6.45) is 1.01. The fraction of sp³-hybridized carbons (Fsp3) is 0.188. The molecular weight excluding hydrogens is 274 g/mol. The van der Waals surface area contributed by atoms with Crippen LogP contribution in [0.25, 0.3) is 0 Å². The number of benzene rings is 2. The molecule has 0 aliphatic heterocycles. The van der Waals surface area contributed by atoms with Crippen LogP contribution in [-0.2, 0) is 13.0 Å². The van der Waals surface area contributed by atoms with Gasteiger partial charge in [-0.2, -0.15) is 0 Å². The third-order valence-electron chi connectivity index (χ3n) is 3.13. The molecule has 0 aromatic heterocycles. The molecule has 0 atom stereocenters. The van der Waals surface area contributed by atoms with E-state index in [0.717, 1.165) is 12.0 Å². The van der Waals surface area contributed by atoms with E-state index in [-0.39, 0.29) is 5.56 Å². The van der Waals surface area contributed by atoms with Gasteiger partial charge in [-0.15, -0.1) is 0 Å². The Morgan fingerprint density at radius 3 is 2.40 bits per heavy atom. The second kappa shape index (κ2) is 6.44. The summed E-state index contributed by atoms with van der Waals surface area (Å²) in [7, 11) is 0. The number of hydrogen-bond donors (Lipinski definition) is 2. The maximum atomic E-state index is 11.1. The predicted molar refractivity (Wildman–Crippen MR) is 81.6 cm³/mol. The van der Waals surface area contributed by atoms with E-state index < -0.39 is 5.97 Å². The third-order valence-corrected chi connectivity index (χ3v) is 3.36. The minimum atomic E-state index is -0.967. The highest BCUT2D eigenvalue weighted by Crippen LogP contribution is 2.22. The third kappa shape index (κ3) is 3.52. The number of carboxylic acids is 1. The molecule has 0 aliphatic rings. The van der Waals surface area contributed by atoms with Crippen molar-refractivity contribution >= 4 is 23.3 Å². The van der Waals surface area contributed by atoms with Crippen molar-refractivity contribution in [3.05, 3.63) is 64.2 Å². The van der Waals surface area contributed by atoms with Gasteiger partial charge in [0.2, 0.25) is 0 Å². The Balaban J connectivity index is 2.13. The Hall–Kier alpha value is -2.00. The van der Waals surface area contributed by atoms with Gasteiger partial charge < -0.3 is 10.4 Å². The summed E-state index contributed by atoms with van der Waals surface area (Å²) < 4.78 is 0. The molecule has 2 N–H and O–H groups in total. The van der Waals surface area contributed by atoms with Crippen LogP contribution in [0.4, 0.5) is 5.69 Å². The topological polar surface area (TPSA) is 49.3 Å². The van der Waals surface area contributed by atoms with E-state index in [1.807, 2.05) is 12.1 Å². The van der Waals surface area contributed by atoms with Crippen LogP contribution in [0.1, 0.15) is 28.4 Å². The van der Waals surface area contributed by atoms with Crippen molar-refractivity contribution in [3.63, 3.8) is 0 Å². The largest absolute Gasteiger partial charge is 0.478 e. The second-order valence-electron chi connectivity index (χ2n) is 4.52. The SMILES string of the molecule is CCc1ccc(CNc2cc(Cl)ccc2C(=O)O)cc1. The molecule has 0 saturated carbocycles. The van der Waals surface area contributed by atoms with Crippen molar-refractivity contribution in [3.8, 4) is 0 Å². The summed E-state index contributed by atoms with van der Waals surface area (Å²) in [6, 6.07) is 12.9. The number of nitrogens with one attached hydrogen (secondary N) is 1. The zero-order chi connectivity index (χ0) is 14.5. The monoisotopic (exact) mass is 289 g/mol. The predicted octanol–water partition coefficient (Wildman–Crippen LogP) is 4.21. The molecule has 2 rings (SSSR count). The minimum Gasteiger partial charge on any atom is -0.478 e. The van der Waals surface area contributed by atoms with Gasteiger partial charge in [-0.25, -0.2) is 4.79 Å². The molecule has 0 aliphatic carbocycles. The van der Waals surface area contributed by atoms with Crippen molar-refractivity contribution in [2.45, 2.75) is 19.9 Å². The quantitative estimate of drug-likeness (QED) is 0.867. The van der Waals surface area contributed by atoms with E-state index in [1.54, 1.807) is 12.1 Å². The zero-order valence-electron chi connectivity index (χ0n) is 11.2. The lowest BCUT2D eigenvalue weighted by molar-refractivity contribution is 0.0698. The Morgan fingerprint density at radius 1 is 1.15 bits per heavy atom. The molecule has 0 fully saturated rings. The molecule has 20 heavy (non-hydrogen) atoms. The summed E-state index contributed by atoms with van der Waals surface area (Å²) in [5.74, 6) is -0.967. The fourth-order valence-electron chi connectivity index (χ4n) is 1.94. The first-order valence-corrected chi connectivity index (χ1v) is 6.82. The highest BCUT2D eigenvalue weighted by atomic mass is 35.5. The van der Waals surface area contributed by atoms with Crippen LogP contribution in [-0.4, -0.2) is 11.1 Å². The van der Waals surface area contributed by atoms with E-state index in [1.165, 1.54) is 11.6 Å². The maximum Gasteiger partial charge on any atom is 0.337 e. The van der Waals surface area contributed by atoms with Gasteiger partial charge in [-0.1, -0.05) is 42.8 Å². The number of carbonyl (C=O) groups is 1. The maximum absolute atomic E-state index is 11.1. The average molecular weight is 290 g/mol. The number of hydrogen-bond acceptors (Lipinski definition) is 2. The van der Waals surface area contributed by atoms with Gasteiger partial charge in [0.1, 0.15) is 0 Å². The minimum absolute atomic E-state index is 0.222. The lowest BCUT2D eigenvalue weighted by Crippen LogP contribution is -2.06. The molecule has 0 bridgehead atoms. The van der Waals surface area contributed by atoms with Crippen molar-refractivity contribution in [2.75, 3.05) is 5.32 Å². The second-order valence-corrected chi connectivity index (χ2v) is 4.96. The Kier molecular flexibility index (Phi) is 4.64. The van der Waals surface area contributed by atoms with Gasteiger partial charge in [-0.3, -0.25) is 0 Å². The lowest BCUT2D eigenvalue weighted by atomic mass is 10.1. The molecule has 0 unspecified atom stereocenters. The molecule has 0 saturated heterocycles. The first-order valence-electron chi connectivity index (χ1n) is 6.44. The molecule has 3 nitrogen and oxygen atoms in total. The van der Waals surface area contributed by atoms with Crippen LogP contribution < -0.4 is 5.32 Å². The summed E-state index contributed by atoms with van der Waals surface area (Å²) in [5.41, 5.74) is 3.13. The summed E-state index contributed by atoms with van der Waals surface area (Å²) >= 11 is 5.91. The number of rotatable bonds is 5. The average Bonchev–Trinajstić information content (AvgIpc) is 2.45. The molecule has 2 aromatic carbocycles. The summed E-state index contributed by atoms with van der Waals surface area (Å²) in [4.78, 5) is 11.1. The van der Waals surface area contributed by atoms with Crippen molar-refractivity contribution < 1.29 is 9.90 Å². The van der Waals surface area contributed by atoms with Gasteiger partial charge in [-0.05, 0) is 35.7 Å². The fourth-order valence-corrected chi connectivity index (χ4v) is 2.11. The number of aryl methyl sites for hydroxylation is 1. The Morgan fingerprint density at radius 2 is 1.80 bits per heavy atom. The molecule has 2 aromatic rings. The Labute approximate surface area is 123 Å². The lowest BCUT2D eigenvalue weighted by Gasteiger charge is -2.10. The number of anilines is 1. The molecule has 4 heteroatoms. The zero-order valence-corrected chi connectivity index (χ0v) is 11.9. The highest BCUT2D eigenvalue weighted by Gasteiger charge is 2.10. The molecule has 0 radical (unpaired) electrons. The molecular formula is C16H16ClNO2. The van der Waals surface area contributed by atoms with Gasteiger partial charge in [0, 0.05) is 11.6 Å².